The van der Waals surface area contributed by atoms with Gasteiger partial charge in [-0.05, 0) is 55.2 Å². The molecule has 0 spiro atoms. The van der Waals surface area contributed by atoms with E-state index in [1.54, 1.807) is 0 Å². The molecule has 0 saturated heterocycles. The number of hydrogen-bond acceptors (Lipinski definition) is 1. The standard InChI is InChI=1S/C18H17F3O/c1-10-5-4-6-11(2)16(10)15-9-14(18(19,20)21)8-13-7-12(3)22-17(13)15/h4-6,8-9,12H,7H2,1-3H3. The molecular weight excluding hydrogens is 289 g/mol. The molecule has 0 aromatic heterocycles. The third-order valence-corrected chi connectivity index (χ3v) is 4.07. The summed E-state index contributed by atoms with van der Waals surface area (Å²) < 4.78 is 45.4. The molecular formula is C18H17F3O. The molecule has 0 amide bonds. The second-order valence-electron chi connectivity index (χ2n) is 5.91. The van der Waals surface area contributed by atoms with Crippen molar-refractivity contribution in [2.45, 2.75) is 39.5 Å². The Bertz CT molecular complexity index is 712. The Morgan fingerprint density at radius 1 is 1.09 bits per heavy atom. The van der Waals surface area contributed by atoms with Gasteiger partial charge in [-0.15, -0.1) is 0 Å². The van der Waals surface area contributed by atoms with Gasteiger partial charge in [0.05, 0.1) is 5.56 Å². The molecule has 1 nitrogen and oxygen atoms in total. The van der Waals surface area contributed by atoms with E-state index in [1.807, 2.05) is 39.0 Å². The van der Waals surface area contributed by atoms with Crippen LogP contribution in [0.5, 0.6) is 5.75 Å². The minimum Gasteiger partial charge on any atom is -0.489 e. The van der Waals surface area contributed by atoms with Crippen molar-refractivity contribution < 1.29 is 17.9 Å². The second-order valence-corrected chi connectivity index (χ2v) is 5.91. The third kappa shape index (κ3) is 2.47. The van der Waals surface area contributed by atoms with Crippen LogP contribution < -0.4 is 4.74 Å². The molecule has 1 aliphatic rings. The van der Waals surface area contributed by atoms with E-state index < -0.39 is 11.7 Å². The highest BCUT2D eigenvalue weighted by molar-refractivity contribution is 5.78. The average molecular weight is 306 g/mol. The molecule has 1 atom stereocenters. The van der Waals surface area contributed by atoms with Crippen molar-refractivity contribution in [2.75, 3.05) is 0 Å². The minimum absolute atomic E-state index is 0.0958. The first-order chi connectivity index (χ1) is 10.3. The van der Waals surface area contributed by atoms with Gasteiger partial charge in [0, 0.05) is 12.0 Å². The number of aryl methyl sites for hydroxylation is 2. The van der Waals surface area contributed by atoms with Gasteiger partial charge < -0.3 is 4.74 Å². The van der Waals surface area contributed by atoms with E-state index in [9.17, 15) is 13.2 Å². The molecule has 0 N–H and O–H groups in total. The Kier molecular flexibility index (Phi) is 3.42. The van der Waals surface area contributed by atoms with Crippen molar-refractivity contribution in [3.05, 3.63) is 52.6 Å². The smallest absolute Gasteiger partial charge is 0.416 e. The molecule has 1 aliphatic heterocycles. The molecule has 4 heteroatoms. The van der Waals surface area contributed by atoms with Gasteiger partial charge in [0.1, 0.15) is 11.9 Å². The zero-order valence-corrected chi connectivity index (χ0v) is 12.7. The van der Waals surface area contributed by atoms with Gasteiger partial charge in [0.25, 0.3) is 0 Å². The van der Waals surface area contributed by atoms with Crippen molar-refractivity contribution in [1.29, 1.82) is 0 Å². The van der Waals surface area contributed by atoms with Crippen molar-refractivity contribution in [2.24, 2.45) is 0 Å². The Labute approximate surface area is 127 Å². The van der Waals surface area contributed by atoms with E-state index in [1.165, 1.54) is 12.1 Å². The van der Waals surface area contributed by atoms with Crippen molar-refractivity contribution in [3.8, 4) is 16.9 Å². The second kappa shape index (κ2) is 5.04. The Balaban J connectivity index is 2.30. The molecule has 2 aromatic rings. The molecule has 0 radical (unpaired) electrons. The van der Waals surface area contributed by atoms with E-state index in [0.29, 0.717) is 23.3 Å². The SMILES string of the molecule is Cc1cccc(C)c1-c1cc(C(F)(F)F)cc2c1OC(C)C2. The van der Waals surface area contributed by atoms with E-state index >= 15 is 0 Å². The predicted molar refractivity (Wildman–Crippen MR) is 80.1 cm³/mol. The van der Waals surface area contributed by atoms with Crippen LogP contribution in [0.15, 0.2) is 30.3 Å². The first kappa shape index (κ1) is 14.9. The van der Waals surface area contributed by atoms with Gasteiger partial charge in [0.2, 0.25) is 0 Å². The zero-order valence-electron chi connectivity index (χ0n) is 12.7. The number of benzene rings is 2. The molecule has 0 aliphatic carbocycles. The van der Waals surface area contributed by atoms with E-state index in [4.69, 9.17) is 4.74 Å². The summed E-state index contributed by atoms with van der Waals surface area (Å²) in [4.78, 5) is 0. The molecule has 0 saturated carbocycles. The van der Waals surface area contributed by atoms with Gasteiger partial charge >= 0.3 is 6.18 Å². The Hall–Kier alpha value is -1.97. The third-order valence-electron chi connectivity index (χ3n) is 4.07. The summed E-state index contributed by atoms with van der Waals surface area (Å²) in [6, 6.07) is 8.16. The molecule has 0 bridgehead atoms. The predicted octanol–water partition coefficient (Wildman–Crippen LogP) is 5.31. The first-order valence-electron chi connectivity index (χ1n) is 7.24. The van der Waals surface area contributed by atoms with Crippen LogP contribution >= 0.6 is 0 Å². The van der Waals surface area contributed by atoms with Crippen LogP contribution in [0.2, 0.25) is 0 Å². The van der Waals surface area contributed by atoms with Gasteiger partial charge in [0.15, 0.2) is 0 Å². The number of ether oxygens (including phenoxy) is 1. The fourth-order valence-electron chi connectivity index (χ4n) is 3.12. The number of hydrogen-bond donors (Lipinski definition) is 0. The molecule has 22 heavy (non-hydrogen) atoms. The van der Waals surface area contributed by atoms with E-state index in [2.05, 4.69) is 0 Å². The number of alkyl halides is 3. The van der Waals surface area contributed by atoms with E-state index in [-0.39, 0.29) is 6.10 Å². The summed E-state index contributed by atoms with van der Waals surface area (Å²) in [5.41, 5.74) is 3.31. The minimum atomic E-state index is -4.35. The molecule has 2 aromatic carbocycles. The lowest BCUT2D eigenvalue weighted by molar-refractivity contribution is -0.137. The number of halogens is 3. The van der Waals surface area contributed by atoms with Gasteiger partial charge in [-0.3, -0.25) is 0 Å². The Morgan fingerprint density at radius 2 is 1.73 bits per heavy atom. The largest absolute Gasteiger partial charge is 0.489 e. The monoisotopic (exact) mass is 306 g/mol. The number of rotatable bonds is 1. The van der Waals surface area contributed by atoms with Gasteiger partial charge in [-0.2, -0.15) is 13.2 Å². The highest BCUT2D eigenvalue weighted by Crippen LogP contribution is 2.45. The highest BCUT2D eigenvalue weighted by Gasteiger charge is 2.35. The van der Waals surface area contributed by atoms with Gasteiger partial charge in [-0.25, -0.2) is 0 Å². The van der Waals surface area contributed by atoms with Crippen molar-refractivity contribution in [3.63, 3.8) is 0 Å². The molecule has 1 unspecified atom stereocenters. The van der Waals surface area contributed by atoms with Crippen LogP contribution in [0.3, 0.4) is 0 Å². The molecule has 0 fully saturated rings. The summed E-state index contributed by atoms with van der Waals surface area (Å²) in [5.74, 6) is 0.595. The van der Waals surface area contributed by atoms with Crippen LogP contribution in [-0.2, 0) is 12.6 Å². The van der Waals surface area contributed by atoms with Crippen molar-refractivity contribution in [1.82, 2.24) is 0 Å². The topological polar surface area (TPSA) is 9.23 Å². The van der Waals surface area contributed by atoms with Crippen LogP contribution in [0, 0.1) is 13.8 Å². The van der Waals surface area contributed by atoms with Gasteiger partial charge in [-0.1, -0.05) is 18.2 Å². The van der Waals surface area contributed by atoms with Crippen LogP contribution in [0.1, 0.15) is 29.2 Å². The summed E-state index contributed by atoms with van der Waals surface area (Å²) in [6.07, 6.45) is -3.94. The maximum absolute atomic E-state index is 13.2. The average Bonchev–Trinajstić information content (AvgIpc) is 2.77. The molecule has 3 rings (SSSR count). The summed E-state index contributed by atoms with van der Waals surface area (Å²) in [7, 11) is 0. The normalized spacial score (nSPS) is 17.3. The lowest BCUT2D eigenvalue weighted by atomic mass is 9.91. The summed E-state index contributed by atoms with van der Waals surface area (Å²) in [6.45, 7) is 5.70. The summed E-state index contributed by atoms with van der Waals surface area (Å²) in [5, 5.41) is 0. The quantitative estimate of drug-likeness (QED) is 0.693. The number of fused-ring (bicyclic) bond motifs is 1. The van der Waals surface area contributed by atoms with Crippen molar-refractivity contribution >= 4 is 0 Å². The fourth-order valence-corrected chi connectivity index (χ4v) is 3.12. The molecule has 116 valence electrons. The Morgan fingerprint density at radius 3 is 2.32 bits per heavy atom. The maximum atomic E-state index is 13.2. The lowest BCUT2D eigenvalue weighted by Crippen LogP contribution is -2.06. The zero-order chi connectivity index (χ0) is 16.1. The fraction of sp³-hybridized carbons (Fsp3) is 0.333. The maximum Gasteiger partial charge on any atom is 0.416 e. The van der Waals surface area contributed by atoms with Crippen LogP contribution in [-0.4, -0.2) is 6.10 Å². The highest BCUT2D eigenvalue weighted by atomic mass is 19.4. The first-order valence-corrected chi connectivity index (χ1v) is 7.24. The lowest BCUT2D eigenvalue weighted by Gasteiger charge is -2.17. The van der Waals surface area contributed by atoms with E-state index in [0.717, 1.165) is 16.7 Å². The molecule has 1 heterocycles. The van der Waals surface area contributed by atoms with Crippen LogP contribution in [0.4, 0.5) is 13.2 Å². The summed E-state index contributed by atoms with van der Waals surface area (Å²) >= 11 is 0. The van der Waals surface area contributed by atoms with Crippen LogP contribution in [0.25, 0.3) is 11.1 Å².